The smallest absolute Gasteiger partial charge is 0.352 e. The van der Waals surface area contributed by atoms with Crippen molar-refractivity contribution in [3.05, 3.63) is 35.4 Å². The summed E-state index contributed by atoms with van der Waals surface area (Å²) in [4.78, 5) is 0. The highest BCUT2D eigenvalue weighted by molar-refractivity contribution is 14.1. The van der Waals surface area contributed by atoms with Crippen LogP contribution in [0.15, 0.2) is 24.3 Å². The van der Waals surface area contributed by atoms with Crippen molar-refractivity contribution < 1.29 is 31.1 Å². The second kappa shape index (κ2) is 6.50. The third-order valence-corrected chi connectivity index (χ3v) is 3.37. The summed E-state index contributed by atoms with van der Waals surface area (Å²) in [5.41, 5.74) is 0.901. The van der Waals surface area contributed by atoms with E-state index in [2.05, 4.69) is 4.74 Å². The summed E-state index contributed by atoms with van der Waals surface area (Å²) in [6, 6.07) is 6.26. The molecule has 0 spiro atoms. The van der Waals surface area contributed by atoms with Gasteiger partial charge in [0.25, 0.3) is 0 Å². The summed E-state index contributed by atoms with van der Waals surface area (Å²) in [7, 11) is 0. The van der Waals surface area contributed by atoms with Crippen LogP contribution in [-0.2, 0) is 4.74 Å². The zero-order valence-corrected chi connectivity index (χ0v) is 12.4. The number of ether oxygens (including phenoxy) is 1. The molecule has 1 aromatic rings. The van der Waals surface area contributed by atoms with Crippen molar-refractivity contribution >= 4 is 22.6 Å². The molecule has 0 aromatic heterocycles. The van der Waals surface area contributed by atoms with Gasteiger partial charge in [-0.25, -0.2) is 0 Å². The van der Waals surface area contributed by atoms with Crippen LogP contribution >= 0.6 is 22.6 Å². The molecule has 0 heterocycles. The van der Waals surface area contributed by atoms with Crippen molar-refractivity contribution in [2.75, 3.05) is 4.43 Å². The monoisotopic (exact) mass is 412 g/mol. The summed E-state index contributed by atoms with van der Waals surface area (Å²) in [5.74, 6) is 0. The molecular weight excluding hydrogens is 401 g/mol. The van der Waals surface area contributed by atoms with Crippen molar-refractivity contribution in [2.45, 2.75) is 31.5 Å². The molecule has 114 valence electrons. The van der Waals surface area contributed by atoms with E-state index in [1.165, 1.54) is 6.07 Å². The number of hydrogen-bond acceptors (Lipinski definition) is 1. The van der Waals surface area contributed by atoms with E-state index in [0.717, 1.165) is 0 Å². The largest absolute Gasteiger partial charge is 0.423 e. The second-order valence-electron chi connectivity index (χ2n) is 4.10. The summed E-state index contributed by atoms with van der Waals surface area (Å²) < 4.78 is 79.2. The van der Waals surface area contributed by atoms with Gasteiger partial charge < -0.3 is 4.74 Å². The molecule has 1 nitrogen and oxygen atoms in total. The summed E-state index contributed by atoms with van der Waals surface area (Å²) >= 11 is 1.70. The Balaban J connectivity index is 3.05. The lowest BCUT2D eigenvalue weighted by Crippen LogP contribution is -2.45. The van der Waals surface area contributed by atoms with E-state index in [4.69, 9.17) is 0 Å². The standard InChI is InChI=1S/C12H11F6IO/c1-7-4-2-3-5-8(7)9(6-19)20-10(11(13,14)15)12(16,17)18/h2-5,9-10H,6H2,1H3. The van der Waals surface area contributed by atoms with Crippen LogP contribution in [0.25, 0.3) is 0 Å². The molecule has 0 radical (unpaired) electrons. The topological polar surface area (TPSA) is 9.23 Å². The second-order valence-corrected chi connectivity index (χ2v) is 4.98. The van der Waals surface area contributed by atoms with Gasteiger partial charge in [-0.05, 0) is 18.1 Å². The quantitative estimate of drug-likeness (QED) is 0.385. The highest BCUT2D eigenvalue weighted by Crippen LogP contribution is 2.39. The SMILES string of the molecule is Cc1ccccc1C(CI)OC(C(F)(F)F)C(F)(F)F. The lowest BCUT2D eigenvalue weighted by atomic mass is 10.0. The molecule has 0 amide bonds. The molecule has 0 saturated carbocycles. The Morgan fingerprint density at radius 1 is 1.05 bits per heavy atom. The zero-order chi connectivity index (χ0) is 15.6. The van der Waals surface area contributed by atoms with Gasteiger partial charge in [0.05, 0.1) is 6.10 Å². The molecule has 1 aromatic carbocycles. The Bertz CT molecular complexity index is 428. The molecule has 1 rings (SSSR count). The fourth-order valence-electron chi connectivity index (χ4n) is 1.64. The van der Waals surface area contributed by atoms with Gasteiger partial charge in [0.15, 0.2) is 0 Å². The number of aryl methyl sites for hydroxylation is 1. The van der Waals surface area contributed by atoms with Crippen LogP contribution in [0, 0.1) is 6.92 Å². The molecule has 1 atom stereocenters. The number of halogens is 7. The number of benzene rings is 1. The third-order valence-electron chi connectivity index (χ3n) is 2.57. The Hall–Kier alpha value is -0.510. The maximum Gasteiger partial charge on any atom is 0.423 e. The number of alkyl halides is 7. The van der Waals surface area contributed by atoms with Crippen molar-refractivity contribution in [1.82, 2.24) is 0 Å². The van der Waals surface area contributed by atoms with Crippen LogP contribution in [0.3, 0.4) is 0 Å². The first-order valence-corrected chi connectivity index (χ1v) is 7.00. The van der Waals surface area contributed by atoms with Gasteiger partial charge in [-0.3, -0.25) is 0 Å². The Morgan fingerprint density at radius 3 is 1.95 bits per heavy atom. The maximum absolute atomic E-state index is 12.5. The first kappa shape index (κ1) is 17.5. The minimum Gasteiger partial charge on any atom is -0.352 e. The van der Waals surface area contributed by atoms with Crippen molar-refractivity contribution in [3.8, 4) is 0 Å². The zero-order valence-electron chi connectivity index (χ0n) is 10.2. The van der Waals surface area contributed by atoms with Crippen LogP contribution in [-0.4, -0.2) is 22.9 Å². The van der Waals surface area contributed by atoms with E-state index in [0.29, 0.717) is 11.1 Å². The minimum atomic E-state index is -5.50. The average Bonchev–Trinajstić information content (AvgIpc) is 2.28. The molecule has 1 unspecified atom stereocenters. The van der Waals surface area contributed by atoms with Gasteiger partial charge in [0, 0.05) is 4.43 Å². The van der Waals surface area contributed by atoms with Crippen LogP contribution in [0.4, 0.5) is 26.3 Å². The van der Waals surface area contributed by atoms with Crippen LogP contribution < -0.4 is 0 Å². The van der Waals surface area contributed by atoms with E-state index in [9.17, 15) is 26.3 Å². The van der Waals surface area contributed by atoms with E-state index < -0.39 is 24.6 Å². The van der Waals surface area contributed by atoms with Crippen molar-refractivity contribution in [2.24, 2.45) is 0 Å². The maximum atomic E-state index is 12.5. The molecule has 0 aliphatic carbocycles. The predicted octanol–water partition coefficient (Wildman–Crippen LogP) is 4.98. The van der Waals surface area contributed by atoms with Crippen molar-refractivity contribution in [1.29, 1.82) is 0 Å². The molecule has 0 fully saturated rings. The fourth-order valence-corrected chi connectivity index (χ4v) is 2.33. The van der Waals surface area contributed by atoms with Gasteiger partial charge in [-0.1, -0.05) is 46.9 Å². The fraction of sp³-hybridized carbons (Fsp3) is 0.500. The van der Waals surface area contributed by atoms with Gasteiger partial charge >= 0.3 is 12.4 Å². The first-order chi connectivity index (χ1) is 9.07. The van der Waals surface area contributed by atoms with E-state index in [-0.39, 0.29) is 4.43 Å². The molecule has 0 aliphatic rings. The first-order valence-electron chi connectivity index (χ1n) is 5.47. The molecule has 0 N–H and O–H groups in total. The minimum absolute atomic E-state index is 0.0225. The van der Waals surface area contributed by atoms with Gasteiger partial charge in [-0.15, -0.1) is 0 Å². The molecule has 0 aliphatic heterocycles. The normalized spacial score (nSPS) is 14.7. The lowest BCUT2D eigenvalue weighted by Gasteiger charge is -2.28. The van der Waals surface area contributed by atoms with Gasteiger partial charge in [0.1, 0.15) is 0 Å². The van der Waals surface area contributed by atoms with Crippen LogP contribution in [0.1, 0.15) is 17.2 Å². The van der Waals surface area contributed by atoms with Gasteiger partial charge in [-0.2, -0.15) is 26.3 Å². The number of hydrogen-bond donors (Lipinski definition) is 0. The van der Waals surface area contributed by atoms with Crippen molar-refractivity contribution in [3.63, 3.8) is 0 Å². The van der Waals surface area contributed by atoms with E-state index in [1.807, 2.05) is 0 Å². The Kier molecular flexibility index (Phi) is 5.70. The molecular formula is C12H11F6IO. The Morgan fingerprint density at radius 2 is 1.55 bits per heavy atom. The van der Waals surface area contributed by atoms with Crippen LogP contribution in [0.5, 0.6) is 0 Å². The molecule has 20 heavy (non-hydrogen) atoms. The highest BCUT2D eigenvalue weighted by atomic mass is 127. The molecule has 0 bridgehead atoms. The number of rotatable bonds is 4. The summed E-state index contributed by atoms with van der Waals surface area (Å²) in [6.07, 6.45) is -16.0. The van der Waals surface area contributed by atoms with Gasteiger partial charge in [0.2, 0.25) is 6.10 Å². The summed E-state index contributed by atoms with van der Waals surface area (Å²) in [5, 5.41) is 0. The molecule has 0 saturated heterocycles. The van der Waals surface area contributed by atoms with E-state index >= 15 is 0 Å². The summed E-state index contributed by atoms with van der Waals surface area (Å²) in [6.45, 7) is 1.61. The molecule has 8 heteroatoms. The lowest BCUT2D eigenvalue weighted by molar-refractivity contribution is -0.330. The van der Waals surface area contributed by atoms with Crippen LogP contribution in [0.2, 0.25) is 0 Å². The predicted molar refractivity (Wildman–Crippen MR) is 69.8 cm³/mol. The Labute approximate surface area is 125 Å². The highest BCUT2D eigenvalue weighted by Gasteiger charge is 2.58. The van der Waals surface area contributed by atoms with E-state index in [1.54, 1.807) is 47.7 Å². The average molecular weight is 412 g/mol. The third kappa shape index (κ3) is 4.51.